The van der Waals surface area contributed by atoms with Crippen LogP contribution in [0.15, 0.2) is 60.7 Å². The van der Waals surface area contributed by atoms with Crippen molar-refractivity contribution in [1.29, 1.82) is 0 Å². The maximum Gasteiger partial charge on any atom is 0.247 e. The number of nitrogens with two attached hydrogens (primary N) is 2. The predicted octanol–water partition coefficient (Wildman–Crippen LogP) is 2.29. The fourth-order valence-electron chi connectivity index (χ4n) is 5.00. The van der Waals surface area contributed by atoms with Gasteiger partial charge in [0.15, 0.2) is 0 Å². The fourth-order valence-corrected chi connectivity index (χ4v) is 5.00. The van der Waals surface area contributed by atoms with Crippen LogP contribution in [0.1, 0.15) is 37.7 Å². The van der Waals surface area contributed by atoms with Crippen molar-refractivity contribution < 1.29 is 15.7 Å². The standard InChI is InChI=1S/C26H34N4O3/c27-16-8-7-13-23-26(32)29-20(18-33-21-11-5-2-6-12-21)14-15-24(29)30(23)25(31)22(28)17-19-9-3-1-4-10-19/h1-6,9-12,20,22-24H,7-8,13-18,27-28H2/t20-,22+,23+,24?/m1/s1/i/hD. The highest BCUT2D eigenvalue weighted by atomic mass is 16.5. The topological polar surface area (TPSA) is 102 Å². The monoisotopic (exact) mass is 451 g/mol. The lowest BCUT2D eigenvalue weighted by Gasteiger charge is -2.30. The van der Waals surface area contributed by atoms with Crippen LogP contribution in [0.25, 0.3) is 0 Å². The van der Waals surface area contributed by atoms with Crippen LogP contribution in [0.2, 0.25) is 1.41 Å². The fraction of sp³-hybridized carbons (Fsp3) is 0.462. The molecule has 4 N–H and O–H groups in total. The molecule has 0 bridgehead atoms. The van der Waals surface area contributed by atoms with Gasteiger partial charge in [0.1, 0.15) is 26.0 Å². The molecule has 2 aliphatic rings. The Morgan fingerprint density at radius 2 is 1.82 bits per heavy atom. The molecule has 2 aliphatic heterocycles. The first-order valence-electron chi connectivity index (χ1n) is 12.4. The minimum absolute atomic E-state index is 0.0158. The average Bonchev–Trinajstić information content (AvgIpc) is 3.41. The summed E-state index contributed by atoms with van der Waals surface area (Å²) < 4.78 is 13.8. The normalized spacial score (nSPS) is 23.4. The molecule has 7 heteroatoms. The number of amides is 2. The summed E-state index contributed by atoms with van der Waals surface area (Å²) in [4.78, 5) is 30.9. The van der Waals surface area contributed by atoms with Crippen LogP contribution in [-0.2, 0) is 16.0 Å². The summed E-state index contributed by atoms with van der Waals surface area (Å²) >= 11 is 0. The summed E-state index contributed by atoms with van der Waals surface area (Å²) in [5.41, 5.74) is 9.11. The summed E-state index contributed by atoms with van der Waals surface area (Å²) in [6.07, 6.45) is 3.76. The Labute approximate surface area is 197 Å². The van der Waals surface area contributed by atoms with Crippen molar-refractivity contribution in [1.82, 2.24) is 9.80 Å². The third kappa shape index (κ3) is 5.20. The molecule has 2 amide bonds. The van der Waals surface area contributed by atoms with Crippen LogP contribution in [0.5, 0.6) is 5.75 Å². The van der Waals surface area contributed by atoms with Crippen molar-refractivity contribution in [3.8, 4) is 5.75 Å². The molecule has 176 valence electrons. The molecule has 0 aliphatic carbocycles. The zero-order valence-corrected chi connectivity index (χ0v) is 18.9. The number of hydrogen-bond donors (Lipinski definition) is 2. The summed E-state index contributed by atoms with van der Waals surface area (Å²) in [7, 11) is 0. The third-order valence-corrected chi connectivity index (χ3v) is 6.62. The lowest BCUT2D eigenvalue weighted by atomic mass is 10.0. The van der Waals surface area contributed by atoms with Crippen LogP contribution in [0, 0.1) is 0 Å². The molecule has 0 saturated carbocycles. The highest BCUT2D eigenvalue weighted by Crippen LogP contribution is 2.37. The average molecular weight is 452 g/mol. The Hall–Kier alpha value is -2.90. The van der Waals surface area contributed by atoms with E-state index < -0.39 is 12.1 Å². The lowest BCUT2D eigenvalue weighted by Crippen LogP contribution is -2.51. The van der Waals surface area contributed by atoms with Gasteiger partial charge in [-0.25, -0.2) is 0 Å². The zero-order valence-electron chi connectivity index (χ0n) is 19.9. The number of benzene rings is 2. The molecule has 2 saturated heterocycles. The van der Waals surface area contributed by atoms with E-state index in [1.165, 1.54) is 0 Å². The van der Waals surface area contributed by atoms with Crippen molar-refractivity contribution >= 4 is 11.8 Å². The summed E-state index contributed by atoms with van der Waals surface area (Å²) in [6, 6.07) is 17.9. The molecule has 0 spiro atoms. The largest absolute Gasteiger partial charge is 0.491 e. The molecule has 7 nitrogen and oxygen atoms in total. The summed E-state index contributed by atoms with van der Waals surface area (Å²) in [5, 5.41) is 0. The van der Waals surface area contributed by atoms with E-state index in [-0.39, 0.29) is 24.0 Å². The van der Waals surface area contributed by atoms with E-state index >= 15 is 0 Å². The molecule has 0 aromatic heterocycles. The molecule has 2 aromatic rings. The van der Waals surface area contributed by atoms with E-state index in [0.717, 1.165) is 30.6 Å². The molecule has 0 radical (unpaired) electrons. The molecular formula is C26H34N4O3. The third-order valence-electron chi connectivity index (χ3n) is 6.62. The summed E-state index contributed by atoms with van der Waals surface area (Å²) in [5.74, 6) is 0.561. The maximum absolute atomic E-state index is 13.7. The second kappa shape index (κ2) is 10.8. The molecule has 1 unspecified atom stereocenters. The Kier molecular flexibility index (Phi) is 7.18. The van der Waals surface area contributed by atoms with Gasteiger partial charge in [0, 0.05) is 0 Å². The second-order valence-corrected chi connectivity index (χ2v) is 8.87. The van der Waals surface area contributed by atoms with Crippen LogP contribution in [0.4, 0.5) is 0 Å². The van der Waals surface area contributed by atoms with E-state index in [1.807, 2.05) is 65.6 Å². The molecule has 33 heavy (non-hydrogen) atoms. The van der Waals surface area contributed by atoms with Gasteiger partial charge in [-0.1, -0.05) is 48.5 Å². The SMILES string of the molecule is [2H]N[C@@H](Cc1ccccc1)C(=O)N1C2CC[C@H](COc3ccccc3)N2C(=O)[C@@H]1CCCCN. The second-order valence-electron chi connectivity index (χ2n) is 8.87. The van der Waals surface area contributed by atoms with Crippen molar-refractivity contribution in [2.75, 3.05) is 13.2 Å². The number of nitrogens with zero attached hydrogens (tertiary/aromatic N) is 2. The molecule has 2 heterocycles. The van der Waals surface area contributed by atoms with Crippen molar-refractivity contribution in [3.63, 3.8) is 0 Å². The van der Waals surface area contributed by atoms with Crippen LogP contribution in [-0.4, -0.2) is 59.1 Å². The molecule has 2 fully saturated rings. The van der Waals surface area contributed by atoms with Crippen LogP contribution >= 0.6 is 0 Å². The molecule has 4 rings (SSSR count). The van der Waals surface area contributed by atoms with E-state index in [9.17, 15) is 9.59 Å². The summed E-state index contributed by atoms with van der Waals surface area (Å²) in [6.45, 7) is 0.953. The first-order valence-corrected chi connectivity index (χ1v) is 11.9. The van der Waals surface area contributed by atoms with Gasteiger partial charge in [-0.3, -0.25) is 9.59 Å². The molecule has 4 atom stereocenters. The van der Waals surface area contributed by atoms with E-state index in [2.05, 4.69) is 5.73 Å². The van der Waals surface area contributed by atoms with Crippen LogP contribution < -0.4 is 16.2 Å². The van der Waals surface area contributed by atoms with Crippen molar-refractivity contribution in [3.05, 3.63) is 66.2 Å². The van der Waals surface area contributed by atoms with Gasteiger partial charge in [-0.05, 0) is 62.8 Å². The highest BCUT2D eigenvalue weighted by molar-refractivity contribution is 5.93. The van der Waals surface area contributed by atoms with Gasteiger partial charge in [0.2, 0.25) is 11.8 Å². The minimum Gasteiger partial charge on any atom is -0.491 e. The number of ether oxygens (including phenoxy) is 1. The van der Waals surface area contributed by atoms with E-state index in [4.69, 9.17) is 11.9 Å². The van der Waals surface area contributed by atoms with Gasteiger partial charge in [-0.2, -0.15) is 0 Å². The quantitative estimate of drug-likeness (QED) is 0.511. The number of fused-ring (bicyclic) bond motifs is 1. The Morgan fingerprint density at radius 1 is 1.09 bits per heavy atom. The number of hydrogen-bond acceptors (Lipinski definition) is 5. The Morgan fingerprint density at radius 3 is 2.52 bits per heavy atom. The van der Waals surface area contributed by atoms with Gasteiger partial charge >= 0.3 is 0 Å². The minimum atomic E-state index is -0.716. The smallest absolute Gasteiger partial charge is 0.247 e. The van der Waals surface area contributed by atoms with Crippen molar-refractivity contribution in [2.24, 2.45) is 11.5 Å². The first-order chi connectivity index (χ1) is 16.6. The lowest BCUT2D eigenvalue weighted by molar-refractivity contribution is -0.138. The molecule has 2 aromatic carbocycles. The maximum atomic E-state index is 13.7. The van der Waals surface area contributed by atoms with Gasteiger partial charge in [0.25, 0.3) is 0 Å². The predicted molar refractivity (Wildman–Crippen MR) is 127 cm³/mol. The molecular weight excluding hydrogens is 416 g/mol. The number of rotatable bonds is 11. The van der Waals surface area contributed by atoms with Crippen LogP contribution in [0.3, 0.4) is 0 Å². The number of carbonyl (C=O) groups is 2. The van der Waals surface area contributed by atoms with Gasteiger partial charge in [0.05, 0.1) is 12.1 Å². The number of para-hydroxylation sites is 1. The van der Waals surface area contributed by atoms with E-state index in [0.29, 0.717) is 32.4 Å². The van der Waals surface area contributed by atoms with E-state index in [1.54, 1.807) is 4.90 Å². The number of unbranched alkanes of at least 4 members (excludes halogenated alkanes) is 1. The van der Waals surface area contributed by atoms with Gasteiger partial charge in [-0.15, -0.1) is 0 Å². The Balaban J connectivity index is 1.51. The first kappa shape index (κ1) is 21.9. The number of carbonyl (C=O) groups excluding carboxylic acids is 2. The Bertz CT molecular complexity index is 946. The zero-order chi connectivity index (χ0) is 23.9. The van der Waals surface area contributed by atoms with Gasteiger partial charge < -0.3 is 26.0 Å². The van der Waals surface area contributed by atoms with Crippen molar-refractivity contribution in [2.45, 2.75) is 62.8 Å². The highest BCUT2D eigenvalue weighted by Gasteiger charge is 2.54.